The summed E-state index contributed by atoms with van der Waals surface area (Å²) in [6.45, 7) is 1.46. The minimum atomic E-state index is -0.893. The summed E-state index contributed by atoms with van der Waals surface area (Å²) in [5.74, 6) is -0.114. The van der Waals surface area contributed by atoms with Gasteiger partial charge in [-0.2, -0.15) is 5.10 Å². The Kier molecular flexibility index (Phi) is 3.94. The van der Waals surface area contributed by atoms with Crippen molar-refractivity contribution >= 4 is 11.9 Å². The fourth-order valence-corrected chi connectivity index (χ4v) is 3.15. The Morgan fingerprint density at radius 1 is 1.29 bits per heavy atom. The Morgan fingerprint density at radius 3 is 2.76 bits per heavy atom. The van der Waals surface area contributed by atoms with Crippen molar-refractivity contribution in [1.29, 1.82) is 0 Å². The predicted octanol–water partition coefficient (Wildman–Crippen LogP) is 1.47. The Morgan fingerprint density at radius 2 is 2.10 bits per heavy atom. The van der Waals surface area contributed by atoms with E-state index in [4.69, 9.17) is 5.11 Å². The third kappa shape index (κ3) is 3.09. The summed E-state index contributed by atoms with van der Waals surface area (Å²) in [6.07, 6.45) is 6.96. The van der Waals surface area contributed by atoms with Crippen molar-refractivity contribution in [3.05, 3.63) is 18.0 Å². The molecule has 0 bridgehead atoms. The summed E-state index contributed by atoms with van der Waals surface area (Å²) in [7, 11) is 0. The Hall–Kier alpha value is -1.85. The van der Waals surface area contributed by atoms with E-state index in [2.05, 4.69) is 5.10 Å². The van der Waals surface area contributed by atoms with Gasteiger partial charge < -0.3 is 10.0 Å². The molecule has 1 amide bonds. The van der Waals surface area contributed by atoms with Crippen LogP contribution in [0.4, 0.5) is 0 Å². The van der Waals surface area contributed by atoms with Crippen LogP contribution in [-0.2, 0) is 16.1 Å². The number of carboxylic acids is 1. The van der Waals surface area contributed by atoms with Crippen LogP contribution in [0.2, 0.25) is 0 Å². The van der Waals surface area contributed by atoms with Crippen LogP contribution in [0, 0.1) is 5.92 Å². The molecule has 0 unspecified atom stereocenters. The van der Waals surface area contributed by atoms with Crippen molar-refractivity contribution < 1.29 is 14.7 Å². The highest BCUT2D eigenvalue weighted by Crippen LogP contribution is 2.32. The number of carbonyl (C=O) groups is 2. The zero-order valence-electron chi connectivity index (χ0n) is 12.1. The molecular formula is C15H21N3O3. The molecule has 1 aliphatic heterocycles. The molecule has 1 atom stereocenters. The molecule has 1 saturated carbocycles. The number of hydrogen-bond acceptors (Lipinski definition) is 3. The van der Waals surface area contributed by atoms with Gasteiger partial charge in [0, 0.05) is 31.1 Å². The lowest BCUT2D eigenvalue weighted by Crippen LogP contribution is -2.44. The van der Waals surface area contributed by atoms with Gasteiger partial charge in [-0.1, -0.05) is 6.42 Å². The molecule has 0 aromatic carbocycles. The van der Waals surface area contributed by atoms with E-state index in [1.165, 1.54) is 11.1 Å². The van der Waals surface area contributed by atoms with E-state index in [9.17, 15) is 9.59 Å². The first-order chi connectivity index (χ1) is 10.1. The zero-order chi connectivity index (χ0) is 14.8. The van der Waals surface area contributed by atoms with Crippen LogP contribution in [0.15, 0.2) is 12.3 Å². The van der Waals surface area contributed by atoms with Crippen LogP contribution in [0.5, 0.6) is 0 Å². The van der Waals surface area contributed by atoms with Gasteiger partial charge in [0.2, 0.25) is 5.91 Å². The molecule has 1 saturated heterocycles. The molecule has 1 aromatic heterocycles. The van der Waals surface area contributed by atoms with Crippen LogP contribution >= 0.6 is 0 Å². The molecule has 1 N–H and O–H groups in total. The van der Waals surface area contributed by atoms with Crippen molar-refractivity contribution in [2.45, 2.75) is 44.6 Å². The highest BCUT2D eigenvalue weighted by Gasteiger charge is 2.33. The van der Waals surface area contributed by atoms with Gasteiger partial charge in [-0.05, 0) is 31.7 Å². The molecule has 6 heteroatoms. The zero-order valence-corrected chi connectivity index (χ0v) is 12.1. The Balaban J connectivity index is 1.63. The highest BCUT2D eigenvalue weighted by molar-refractivity contribution is 5.79. The quantitative estimate of drug-likeness (QED) is 0.911. The van der Waals surface area contributed by atoms with Crippen molar-refractivity contribution in [3.63, 3.8) is 0 Å². The van der Waals surface area contributed by atoms with Gasteiger partial charge in [0.15, 0.2) is 0 Å². The molecule has 0 radical (unpaired) electrons. The summed E-state index contributed by atoms with van der Waals surface area (Å²) >= 11 is 0. The van der Waals surface area contributed by atoms with Crippen LogP contribution in [-0.4, -0.2) is 44.8 Å². The normalized spacial score (nSPS) is 22.9. The lowest BCUT2D eigenvalue weighted by atomic mass is 9.83. The molecule has 114 valence electrons. The summed E-state index contributed by atoms with van der Waals surface area (Å²) in [5, 5.41) is 13.1. The smallest absolute Gasteiger partial charge is 0.325 e. The maximum Gasteiger partial charge on any atom is 0.325 e. The third-order valence-corrected chi connectivity index (χ3v) is 4.56. The number of carbonyl (C=O) groups excluding carboxylic acids is 1. The monoisotopic (exact) mass is 291 g/mol. The largest absolute Gasteiger partial charge is 0.480 e. The average Bonchev–Trinajstić information content (AvgIpc) is 2.84. The summed E-state index contributed by atoms with van der Waals surface area (Å²) in [6, 6.07) is 1.88. The summed E-state index contributed by atoms with van der Waals surface area (Å²) in [4.78, 5) is 25.0. The lowest BCUT2D eigenvalue weighted by Gasteiger charge is -2.36. The Bertz CT molecular complexity index is 536. The predicted molar refractivity (Wildman–Crippen MR) is 75.8 cm³/mol. The first kappa shape index (κ1) is 14.1. The number of hydrogen-bond donors (Lipinski definition) is 1. The van der Waals surface area contributed by atoms with E-state index in [0.29, 0.717) is 5.91 Å². The van der Waals surface area contributed by atoms with Gasteiger partial charge in [-0.25, -0.2) is 0 Å². The van der Waals surface area contributed by atoms with E-state index >= 15 is 0 Å². The molecule has 2 aliphatic rings. The number of aromatic nitrogens is 2. The van der Waals surface area contributed by atoms with Gasteiger partial charge in [0.05, 0.1) is 5.69 Å². The molecule has 2 fully saturated rings. The maximum atomic E-state index is 12.3. The van der Waals surface area contributed by atoms with Crippen LogP contribution in [0.1, 0.15) is 43.7 Å². The Labute approximate surface area is 123 Å². The van der Waals surface area contributed by atoms with E-state index < -0.39 is 5.97 Å². The van der Waals surface area contributed by atoms with E-state index in [1.807, 2.05) is 11.0 Å². The molecule has 3 rings (SSSR count). The van der Waals surface area contributed by atoms with Gasteiger partial charge in [-0.3, -0.25) is 14.3 Å². The van der Waals surface area contributed by atoms with E-state index in [0.717, 1.165) is 44.5 Å². The molecular weight excluding hydrogens is 270 g/mol. The highest BCUT2D eigenvalue weighted by atomic mass is 16.4. The van der Waals surface area contributed by atoms with Crippen molar-refractivity contribution in [2.24, 2.45) is 5.92 Å². The van der Waals surface area contributed by atoms with Gasteiger partial charge >= 0.3 is 5.97 Å². The number of carboxylic acid groups (broad SMARTS) is 1. The van der Waals surface area contributed by atoms with Crippen LogP contribution in [0.25, 0.3) is 0 Å². The number of nitrogens with zero attached hydrogens (tertiary/aromatic N) is 3. The molecule has 2 heterocycles. The molecule has 1 aliphatic carbocycles. The third-order valence-electron chi connectivity index (χ3n) is 4.56. The first-order valence-corrected chi connectivity index (χ1v) is 7.67. The van der Waals surface area contributed by atoms with E-state index in [-0.39, 0.29) is 18.4 Å². The van der Waals surface area contributed by atoms with Gasteiger partial charge in [0.1, 0.15) is 6.54 Å². The SMILES string of the molecule is O=C(O)Cn1ccc([C@@H]2CCCN(C(=O)C3CCC3)C2)n1. The van der Waals surface area contributed by atoms with Crippen LogP contribution < -0.4 is 0 Å². The first-order valence-electron chi connectivity index (χ1n) is 7.67. The molecule has 21 heavy (non-hydrogen) atoms. The minimum absolute atomic E-state index is 0.114. The second-order valence-corrected chi connectivity index (χ2v) is 6.08. The minimum Gasteiger partial charge on any atom is -0.480 e. The van der Waals surface area contributed by atoms with Gasteiger partial charge in [0.25, 0.3) is 0 Å². The lowest BCUT2D eigenvalue weighted by molar-refractivity contribution is -0.139. The van der Waals surface area contributed by atoms with Crippen LogP contribution in [0.3, 0.4) is 0 Å². The van der Waals surface area contributed by atoms with E-state index in [1.54, 1.807) is 6.20 Å². The molecule has 0 spiro atoms. The topological polar surface area (TPSA) is 75.4 Å². The molecule has 1 aromatic rings. The summed E-state index contributed by atoms with van der Waals surface area (Å²) < 4.78 is 1.45. The van der Waals surface area contributed by atoms with Crippen molar-refractivity contribution in [3.8, 4) is 0 Å². The fraction of sp³-hybridized carbons (Fsp3) is 0.667. The van der Waals surface area contributed by atoms with Crippen molar-refractivity contribution in [2.75, 3.05) is 13.1 Å². The second-order valence-electron chi connectivity index (χ2n) is 6.08. The second kappa shape index (κ2) is 5.87. The maximum absolute atomic E-state index is 12.3. The standard InChI is InChI=1S/C15H21N3O3/c19-14(20)10-18-8-6-13(16-18)12-5-2-7-17(9-12)15(21)11-3-1-4-11/h6,8,11-12H,1-5,7,9-10H2,(H,19,20)/t12-/m1/s1. The average molecular weight is 291 g/mol. The number of aliphatic carboxylic acids is 1. The summed E-state index contributed by atoms with van der Waals surface area (Å²) in [5.41, 5.74) is 0.905. The van der Waals surface area contributed by atoms with Crippen molar-refractivity contribution in [1.82, 2.24) is 14.7 Å². The number of likely N-dealkylation sites (tertiary alicyclic amines) is 1. The number of rotatable bonds is 4. The van der Waals surface area contributed by atoms with Gasteiger partial charge in [-0.15, -0.1) is 0 Å². The fourth-order valence-electron chi connectivity index (χ4n) is 3.15. The number of amides is 1. The molecule has 6 nitrogen and oxygen atoms in total. The number of piperidine rings is 1.